The molecule has 1 heterocycles. The minimum atomic E-state index is -1.15. The van der Waals surface area contributed by atoms with Crippen molar-refractivity contribution in [2.75, 3.05) is 0 Å². The number of hydrogen-bond donors (Lipinski definition) is 1. The highest BCUT2D eigenvalue weighted by Crippen LogP contribution is 2.23. The molecule has 1 aromatic heterocycles. The second-order valence-electron chi connectivity index (χ2n) is 3.39. The van der Waals surface area contributed by atoms with Crippen LogP contribution in [0.3, 0.4) is 0 Å². The molecule has 0 saturated carbocycles. The fourth-order valence-electron chi connectivity index (χ4n) is 1.27. The van der Waals surface area contributed by atoms with Crippen molar-refractivity contribution in [2.45, 2.75) is 0 Å². The highest BCUT2D eigenvalue weighted by molar-refractivity contribution is 5.87. The summed E-state index contributed by atoms with van der Waals surface area (Å²) in [6.45, 7) is 0. The summed E-state index contributed by atoms with van der Waals surface area (Å²) in [6, 6.07) is 4.24. The molecule has 2 rings (SSSR count). The van der Waals surface area contributed by atoms with Crippen LogP contribution in [0.5, 0.6) is 11.5 Å². The van der Waals surface area contributed by atoms with E-state index in [9.17, 15) is 13.6 Å². The van der Waals surface area contributed by atoms with Gasteiger partial charge in [0.15, 0.2) is 11.6 Å². The number of hydrogen-bond acceptors (Lipinski definition) is 3. The molecule has 0 spiro atoms. The molecule has 0 radical (unpaired) electrons. The SMILES string of the molecule is O=C(O)c1cncc(Oc2ccc(F)c(F)c2)c1. The lowest BCUT2D eigenvalue weighted by Gasteiger charge is -2.06. The van der Waals surface area contributed by atoms with Crippen LogP contribution in [0.4, 0.5) is 8.78 Å². The van der Waals surface area contributed by atoms with Gasteiger partial charge in [-0.15, -0.1) is 0 Å². The van der Waals surface area contributed by atoms with Crippen LogP contribution < -0.4 is 4.74 Å². The first kappa shape index (κ1) is 12.0. The Morgan fingerprint density at radius 2 is 1.89 bits per heavy atom. The Morgan fingerprint density at radius 3 is 2.56 bits per heavy atom. The fourth-order valence-corrected chi connectivity index (χ4v) is 1.27. The highest BCUT2D eigenvalue weighted by atomic mass is 19.2. The van der Waals surface area contributed by atoms with E-state index in [4.69, 9.17) is 9.84 Å². The van der Waals surface area contributed by atoms with Crippen molar-refractivity contribution in [2.24, 2.45) is 0 Å². The number of carboxylic acids is 1. The van der Waals surface area contributed by atoms with E-state index in [-0.39, 0.29) is 17.1 Å². The lowest BCUT2D eigenvalue weighted by molar-refractivity contribution is 0.0696. The predicted molar refractivity (Wildman–Crippen MR) is 57.6 cm³/mol. The summed E-state index contributed by atoms with van der Waals surface area (Å²) >= 11 is 0. The number of rotatable bonds is 3. The molecule has 0 bridgehead atoms. The van der Waals surface area contributed by atoms with Gasteiger partial charge in [-0.25, -0.2) is 13.6 Å². The van der Waals surface area contributed by atoms with Crippen LogP contribution >= 0.6 is 0 Å². The maximum Gasteiger partial charge on any atom is 0.337 e. The number of carboxylic acid groups (broad SMARTS) is 1. The average Bonchev–Trinajstić information content (AvgIpc) is 2.34. The van der Waals surface area contributed by atoms with Crippen LogP contribution in [-0.2, 0) is 0 Å². The molecule has 6 heteroatoms. The van der Waals surface area contributed by atoms with Gasteiger partial charge in [-0.1, -0.05) is 0 Å². The maximum absolute atomic E-state index is 12.9. The van der Waals surface area contributed by atoms with Gasteiger partial charge in [-0.2, -0.15) is 0 Å². The minimum absolute atomic E-state index is 0.0539. The number of pyridine rings is 1. The van der Waals surface area contributed by atoms with Crippen LogP contribution in [0.1, 0.15) is 10.4 Å². The third-order valence-corrected chi connectivity index (χ3v) is 2.09. The molecule has 0 atom stereocenters. The normalized spacial score (nSPS) is 10.1. The van der Waals surface area contributed by atoms with Gasteiger partial charge in [0, 0.05) is 12.3 Å². The number of carbonyl (C=O) groups is 1. The largest absolute Gasteiger partial charge is 0.478 e. The van der Waals surface area contributed by atoms with E-state index in [1.54, 1.807) is 0 Å². The maximum atomic E-state index is 12.9. The topological polar surface area (TPSA) is 59.4 Å². The van der Waals surface area contributed by atoms with Gasteiger partial charge in [0.25, 0.3) is 0 Å². The van der Waals surface area contributed by atoms with Crippen molar-refractivity contribution >= 4 is 5.97 Å². The molecule has 0 saturated heterocycles. The summed E-state index contributed by atoms with van der Waals surface area (Å²) in [5.74, 6) is -3.01. The quantitative estimate of drug-likeness (QED) is 0.911. The summed E-state index contributed by atoms with van der Waals surface area (Å²) in [5.41, 5.74) is -0.0601. The Hall–Kier alpha value is -2.50. The van der Waals surface area contributed by atoms with Crippen LogP contribution in [-0.4, -0.2) is 16.1 Å². The number of benzene rings is 1. The third kappa shape index (κ3) is 2.60. The van der Waals surface area contributed by atoms with E-state index in [1.807, 2.05) is 0 Å². The Morgan fingerprint density at radius 1 is 1.11 bits per heavy atom. The number of aromatic carboxylic acids is 1. The molecular weight excluding hydrogens is 244 g/mol. The van der Waals surface area contributed by atoms with Crippen LogP contribution in [0, 0.1) is 11.6 Å². The summed E-state index contributed by atoms with van der Waals surface area (Å²) in [4.78, 5) is 14.4. The minimum Gasteiger partial charge on any atom is -0.478 e. The van der Waals surface area contributed by atoms with Crippen molar-refractivity contribution in [3.8, 4) is 11.5 Å². The van der Waals surface area contributed by atoms with E-state index in [2.05, 4.69) is 4.98 Å². The fraction of sp³-hybridized carbons (Fsp3) is 0. The molecule has 0 aliphatic carbocycles. The van der Waals surface area contributed by atoms with Crippen molar-refractivity contribution in [1.29, 1.82) is 0 Å². The zero-order valence-electron chi connectivity index (χ0n) is 8.93. The standard InChI is InChI=1S/C12H7F2NO3/c13-10-2-1-8(4-11(10)14)18-9-3-7(12(16)17)5-15-6-9/h1-6H,(H,16,17). The molecule has 0 aliphatic rings. The summed E-state index contributed by atoms with van der Waals surface area (Å²) < 4.78 is 30.8. The summed E-state index contributed by atoms with van der Waals surface area (Å²) in [7, 11) is 0. The Kier molecular flexibility index (Phi) is 3.18. The molecule has 0 fully saturated rings. The first-order valence-corrected chi connectivity index (χ1v) is 4.87. The molecule has 0 aliphatic heterocycles. The highest BCUT2D eigenvalue weighted by Gasteiger charge is 2.07. The lowest BCUT2D eigenvalue weighted by Crippen LogP contribution is -1.97. The van der Waals surface area contributed by atoms with Gasteiger partial charge in [-0.05, 0) is 18.2 Å². The first-order valence-electron chi connectivity index (χ1n) is 4.87. The van der Waals surface area contributed by atoms with Gasteiger partial charge in [-0.3, -0.25) is 4.98 Å². The molecular formula is C12H7F2NO3. The molecule has 1 N–H and O–H groups in total. The Bertz CT molecular complexity index is 602. The van der Waals surface area contributed by atoms with Crippen molar-refractivity contribution in [3.63, 3.8) is 0 Å². The van der Waals surface area contributed by atoms with Gasteiger partial charge in [0.1, 0.15) is 11.5 Å². The van der Waals surface area contributed by atoms with Crippen molar-refractivity contribution in [3.05, 3.63) is 53.9 Å². The molecule has 18 heavy (non-hydrogen) atoms. The molecule has 4 nitrogen and oxygen atoms in total. The van der Waals surface area contributed by atoms with E-state index in [0.717, 1.165) is 18.3 Å². The molecule has 2 aromatic rings. The third-order valence-electron chi connectivity index (χ3n) is 2.09. The van der Waals surface area contributed by atoms with Crippen LogP contribution in [0.15, 0.2) is 36.7 Å². The monoisotopic (exact) mass is 251 g/mol. The average molecular weight is 251 g/mol. The van der Waals surface area contributed by atoms with Gasteiger partial charge in [0.05, 0.1) is 11.8 Å². The number of nitrogens with zero attached hydrogens (tertiary/aromatic N) is 1. The first-order chi connectivity index (χ1) is 8.56. The Labute approximate surface area is 100 Å². The molecule has 0 unspecified atom stereocenters. The number of ether oxygens (including phenoxy) is 1. The van der Waals surface area contributed by atoms with Gasteiger partial charge in [0.2, 0.25) is 0 Å². The smallest absolute Gasteiger partial charge is 0.337 e. The van der Waals surface area contributed by atoms with E-state index >= 15 is 0 Å². The summed E-state index contributed by atoms with van der Waals surface area (Å²) in [6.07, 6.45) is 2.42. The van der Waals surface area contributed by atoms with E-state index in [1.165, 1.54) is 18.3 Å². The van der Waals surface area contributed by atoms with Crippen LogP contribution in [0.25, 0.3) is 0 Å². The number of aromatic nitrogens is 1. The summed E-state index contributed by atoms with van der Waals surface area (Å²) in [5, 5.41) is 8.75. The zero-order chi connectivity index (χ0) is 13.1. The van der Waals surface area contributed by atoms with Crippen LogP contribution in [0.2, 0.25) is 0 Å². The van der Waals surface area contributed by atoms with Crippen molar-refractivity contribution < 1.29 is 23.4 Å². The predicted octanol–water partition coefficient (Wildman–Crippen LogP) is 2.85. The number of halogens is 2. The molecule has 92 valence electrons. The van der Waals surface area contributed by atoms with Gasteiger partial charge < -0.3 is 9.84 Å². The van der Waals surface area contributed by atoms with Gasteiger partial charge >= 0.3 is 5.97 Å². The zero-order valence-corrected chi connectivity index (χ0v) is 8.93. The second kappa shape index (κ2) is 4.79. The molecule has 0 amide bonds. The Balaban J connectivity index is 2.25. The van der Waals surface area contributed by atoms with E-state index < -0.39 is 17.6 Å². The molecule has 1 aromatic carbocycles. The second-order valence-corrected chi connectivity index (χ2v) is 3.39. The van der Waals surface area contributed by atoms with Crippen molar-refractivity contribution in [1.82, 2.24) is 4.98 Å². The van der Waals surface area contributed by atoms with E-state index in [0.29, 0.717) is 0 Å². The lowest BCUT2D eigenvalue weighted by atomic mass is 10.3.